The van der Waals surface area contributed by atoms with E-state index in [-0.39, 0.29) is 34.8 Å². The molecular weight excluding hydrogens is 404 g/mol. The second-order valence-corrected chi connectivity index (χ2v) is 10.9. The SMILES string of the molecule is CN(C(=O)[C@@H](N)C1CCC(CS(=O)(=O)c2cccc(CC(=O)O)c2)CC1)C1CCC1. The molecule has 0 unspecified atom stereocenters. The van der Waals surface area contributed by atoms with E-state index >= 15 is 0 Å². The number of nitrogens with two attached hydrogens (primary N) is 1. The third-order valence-corrected chi connectivity index (χ3v) is 8.60. The lowest BCUT2D eigenvalue weighted by molar-refractivity contribution is -0.137. The van der Waals surface area contributed by atoms with Crippen molar-refractivity contribution in [2.45, 2.75) is 68.3 Å². The summed E-state index contributed by atoms with van der Waals surface area (Å²) < 4.78 is 25.7. The van der Waals surface area contributed by atoms with Crippen LogP contribution in [0.2, 0.25) is 0 Å². The third-order valence-electron chi connectivity index (χ3n) is 6.72. The molecule has 166 valence electrons. The summed E-state index contributed by atoms with van der Waals surface area (Å²) in [6.45, 7) is 0. The van der Waals surface area contributed by atoms with Gasteiger partial charge in [0.25, 0.3) is 0 Å². The molecular formula is C22H32N2O5S. The van der Waals surface area contributed by atoms with Crippen LogP contribution in [0.5, 0.6) is 0 Å². The molecule has 0 radical (unpaired) electrons. The predicted octanol–water partition coefficient (Wildman–Crippen LogP) is 2.23. The molecule has 7 nitrogen and oxygen atoms in total. The minimum absolute atomic E-state index is 0.00557. The molecule has 3 rings (SSSR count). The second-order valence-electron chi connectivity index (χ2n) is 8.84. The Bertz CT molecular complexity index is 873. The highest BCUT2D eigenvalue weighted by Crippen LogP contribution is 2.33. The molecule has 2 fully saturated rings. The van der Waals surface area contributed by atoms with Crippen LogP contribution in [0.15, 0.2) is 29.2 Å². The molecule has 2 aliphatic rings. The van der Waals surface area contributed by atoms with E-state index in [9.17, 15) is 18.0 Å². The number of sulfone groups is 1. The van der Waals surface area contributed by atoms with E-state index in [1.807, 2.05) is 7.05 Å². The molecule has 0 bridgehead atoms. The summed E-state index contributed by atoms with van der Waals surface area (Å²) in [5, 5.41) is 8.93. The molecule has 30 heavy (non-hydrogen) atoms. The maximum Gasteiger partial charge on any atom is 0.307 e. The zero-order valence-electron chi connectivity index (χ0n) is 17.5. The fourth-order valence-electron chi connectivity index (χ4n) is 4.53. The van der Waals surface area contributed by atoms with Gasteiger partial charge in [0.15, 0.2) is 9.84 Å². The Labute approximate surface area is 178 Å². The number of nitrogens with zero attached hydrogens (tertiary/aromatic N) is 1. The van der Waals surface area contributed by atoms with E-state index in [0.717, 1.165) is 44.9 Å². The molecule has 8 heteroatoms. The van der Waals surface area contributed by atoms with E-state index in [4.69, 9.17) is 10.8 Å². The summed E-state index contributed by atoms with van der Waals surface area (Å²) in [5.74, 6) is -0.817. The number of carboxylic acids is 1. The van der Waals surface area contributed by atoms with Crippen molar-refractivity contribution < 1.29 is 23.1 Å². The van der Waals surface area contributed by atoms with Crippen molar-refractivity contribution in [1.29, 1.82) is 0 Å². The van der Waals surface area contributed by atoms with Crippen LogP contribution in [0, 0.1) is 11.8 Å². The number of amides is 1. The Hall–Kier alpha value is -1.93. The van der Waals surface area contributed by atoms with Gasteiger partial charge in [0.2, 0.25) is 5.91 Å². The van der Waals surface area contributed by atoms with E-state index in [0.29, 0.717) is 11.6 Å². The summed E-state index contributed by atoms with van der Waals surface area (Å²) in [6, 6.07) is 6.00. The van der Waals surface area contributed by atoms with Gasteiger partial charge in [0, 0.05) is 13.1 Å². The van der Waals surface area contributed by atoms with Crippen molar-refractivity contribution in [3.8, 4) is 0 Å². The number of rotatable bonds is 8. The number of carbonyl (C=O) groups excluding carboxylic acids is 1. The van der Waals surface area contributed by atoms with Crippen LogP contribution in [0.25, 0.3) is 0 Å². The maximum atomic E-state index is 12.8. The molecule has 0 aliphatic heterocycles. The highest BCUT2D eigenvalue weighted by Gasteiger charge is 2.35. The zero-order valence-corrected chi connectivity index (χ0v) is 18.3. The van der Waals surface area contributed by atoms with Crippen LogP contribution < -0.4 is 5.73 Å². The van der Waals surface area contributed by atoms with Crippen LogP contribution in [0.4, 0.5) is 0 Å². The predicted molar refractivity (Wildman–Crippen MR) is 114 cm³/mol. The Balaban J connectivity index is 1.54. The number of likely N-dealkylation sites (N-methyl/N-ethyl adjacent to an activating group) is 1. The van der Waals surface area contributed by atoms with Crippen LogP contribution in [0.3, 0.4) is 0 Å². The average Bonchev–Trinajstić information content (AvgIpc) is 2.65. The lowest BCUT2D eigenvalue weighted by Gasteiger charge is -2.38. The van der Waals surface area contributed by atoms with Gasteiger partial charge in [-0.25, -0.2) is 8.42 Å². The summed E-state index contributed by atoms with van der Waals surface area (Å²) in [4.78, 5) is 25.5. The first-order valence-corrected chi connectivity index (χ1v) is 12.4. The first kappa shape index (κ1) is 22.7. The van der Waals surface area contributed by atoms with Crippen molar-refractivity contribution in [2.75, 3.05) is 12.8 Å². The van der Waals surface area contributed by atoms with Crippen LogP contribution in [-0.2, 0) is 25.8 Å². The molecule has 1 aromatic carbocycles. The van der Waals surface area contributed by atoms with Gasteiger partial charge in [-0.15, -0.1) is 0 Å². The summed E-state index contributed by atoms with van der Waals surface area (Å²) in [6.07, 6.45) is 6.03. The number of hydrogen-bond donors (Lipinski definition) is 2. The van der Waals surface area contributed by atoms with E-state index < -0.39 is 21.8 Å². The summed E-state index contributed by atoms with van der Waals surface area (Å²) in [5.41, 5.74) is 6.75. The normalized spacial score (nSPS) is 23.4. The molecule has 2 aliphatic carbocycles. The molecule has 3 N–H and O–H groups in total. The van der Waals surface area contributed by atoms with E-state index in [1.54, 1.807) is 17.0 Å². The fourth-order valence-corrected chi connectivity index (χ4v) is 6.30. The zero-order chi connectivity index (χ0) is 21.9. The van der Waals surface area contributed by atoms with Gasteiger partial charge in [0.05, 0.1) is 23.1 Å². The number of aliphatic carboxylic acids is 1. The van der Waals surface area contributed by atoms with Crippen LogP contribution >= 0.6 is 0 Å². The first-order valence-electron chi connectivity index (χ1n) is 10.7. The number of hydrogen-bond acceptors (Lipinski definition) is 5. The van der Waals surface area contributed by atoms with Crippen molar-refractivity contribution in [3.05, 3.63) is 29.8 Å². The van der Waals surface area contributed by atoms with Crippen LogP contribution in [-0.4, -0.2) is 55.2 Å². The van der Waals surface area contributed by atoms with Gasteiger partial charge < -0.3 is 15.7 Å². The highest BCUT2D eigenvalue weighted by atomic mass is 32.2. The molecule has 1 atom stereocenters. The van der Waals surface area contributed by atoms with Gasteiger partial charge in [-0.2, -0.15) is 0 Å². The molecule has 2 saturated carbocycles. The molecule has 1 aromatic rings. The molecule has 0 spiro atoms. The van der Waals surface area contributed by atoms with E-state index in [2.05, 4.69) is 0 Å². The quantitative estimate of drug-likeness (QED) is 0.645. The molecule has 0 heterocycles. The lowest BCUT2D eigenvalue weighted by atomic mass is 9.78. The van der Waals surface area contributed by atoms with Gasteiger partial charge in [0.1, 0.15) is 0 Å². The Morgan fingerprint density at radius 1 is 1.17 bits per heavy atom. The Morgan fingerprint density at radius 2 is 1.83 bits per heavy atom. The van der Waals surface area contributed by atoms with Crippen molar-refractivity contribution in [1.82, 2.24) is 4.90 Å². The summed E-state index contributed by atoms with van der Waals surface area (Å²) in [7, 11) is -1.66. The minimum Gasteiger partial charge on any atom is -0.481 e. The smallest absolute Gasteiger partial charge is 0.307 e. The maximum absolute atomic E-state index is 12.8. The molecule has 0 saturated heterocycles. The lowest BCUT2D eigenvalue weighted by Crippen LogP contribution is -2.52. The summed E-state index contributed by atoms with van der Waals surface area (Å²) >= 11 is 0. The van der Waals surface area contributed by atoms with Crippen LogP contribution in [0.1, 0.15) is 50.5 Å². The molecule has 0 aromatic heterocycles. The van der Waals surface area contributed by atoms with Crippen molar-refractivity contribution in [3.63, 3.8) is 0 Å². The standard InChI is InChI=1S/C22H32N2O5S/c1-24(18-5-3-6-18)22(27)21(23)17-10-8-15(9-11-17)14-30(28,29)19-7-2-4-16(12-19)13-20(25)26/h2,4,7,12,15,17-18,21H,3,5-6,8-11,13-14,23H2,1H3,(H,25,26)/t15?,17?,21-/m0/s1. The Morgan fingerprint density at radius 3 is 2.40 bits per heavy atom. The topological polar surface area (TPSA) is 118 Å². The van der Waals surface area contributed by atoms with Crippen molar-refractivity contribution in [2.24, 2.45) is 17.6 Å². The fraction of sp³-hybridized carbons (Fsp3) is 0.636. The largest absolute Gasteiger partial charge is 0.481 e. The van der Waals surface area contributed by atoms with Crippen molar-refractivity contribution >= 4 is 21.7 Å². The monoisotopic (exact) mass is 436 g/mol. The minimum atomic E-state index is -3.49. The highest BCUT2D eigenvalue weighted by molar-refractivity contribution is 7.91. The average molecular weight is 437 g/mol. The van der Waals surface area contributed by atoms with Gasteiger partial charge in [-0.05, 0) is 74.5 Å². The van der Waals surface area contributed by atoms with Gasteiger partial charge >= 0.3 is 5.97 Å². The third kappa shape index (κ3) is 5.40. The van der Waals surface area contributed by atoms with Gasteiger partial charge in [-0.1, -0.05) is 12.1 Å². The first-order chi connectivity index (χ1) is 14.2. The van der Waals surface area contributed by atoms with E-state index in [1.165, 1.54) is 12.1 Å². The second kappa shape index (κ2) is 9.47. The Kier molecular flexibility index (Phi) is 7.18. The molecule has 1 amide bonds. The number of carboxylic acid groups (broad SMARTS) is 1. The number of carbonyl (C=O) groups is 2. The number of benzene rings is 1. The van der Waals surface area contributed by atoms with Gasteiger partial charge in [-0.3, -0.25) is 9.59 Å².